The van der Waals surface area contributed by atoms with E-state index in [0.717, 1.165) is 0 Å². The van der Waals surface area contributed by atoms with Crippen molar-refractivity contribution in [1.29, 1.82) is 0 Å². The Balaban J connectivity index is 0.00000180. The molecule has 0 spiro atoms. The van der Waals surface area contributed by atoms with Gasteiger partial charge >= 0.3 is 17.1 Å². The third kappa shape index (κ3) is 3.61. The summed E-state index contributed by atoms with van der Waals surface area (Å²) < 4.78 is 0. The summed E-state index contributed by atoms with van der Waals surface area (Å²) in [5, 5.41) is 39.8. The van der Waals surface area contributed by atoms with Gasteiger partial charge in [-0.15, -0.1) is 5.11 Å². The van der Waals surface area contributed by atoms with Gasteiger partial charge in [0.05, 0.1) is 5.69 Å². The fourth-order valence-corrected chi connectivity index (χ4v) is 1.45. The Labute approximate surface area is 124 Å². The van der Waals surface area contributed by atoms with Gasteiger partial charge in [-0.1, -0.05) is 41.3 Å². The van der Waals surface area contributed by atoms with E-state index in [2.05, 4.69) is 10.2 Å². The van der Waals surface area contributed by atoms with Gasteiger partial charge in [0, 0.05) is 5.02 Å². The van der Waals surface area contributed by atoms with Crippen LogP contribution in [0.4, 0.5) is 11.4 Å². The van der Waals surface area contributed by atoms with Gasteiger partial charge in [0.2, 0.25) is 0 Å². The molecule has 0 heterocycles. The molecule has 0 unspecified atom stereocenters. The number of aromatic hydroxyl groups is 1. The van der Waals surface area contributed by atoms with Crippen molar-refractivity contribution in [3.8, 4) is 17.2 Å². The summed E-state index contributed by atoms with van der Waals surface area (Å²) in [4.78, 5) is 0. The summed E-state index contributed by atoms with van der Waals surface area (Å²) in [6.07, 6.45) is 0. The molecule has 2 rings (SSSR count). The van der Waals surface area contributed by atoms with Crippen molar-refractivity contribution in [2.45, 2.75) is 0 Å². The van der Waals surface area contributed by atoms with Gasteiger partial charge in [0.1, 0.15) is 11.4 Å². The van der Waals surface area contributed by atoms with Crippen LogP contribution in [0.3, 0.4) is 0 Å². The molecule has 0 atom stereocenters. The van der Waals surface area contributed by atoms with Gasteiger partial charge in [0.25, 0.3) is 0 Å². The second-order valence-corrected chi connectivity index (χ2v) is 3.87. The summed E-state index contributed by atoms with van der Waals surface area (Å²) in [6.45, 7) is 0. The average molecular weight is 326 g/mol. The number of phenolic OH excluding ortho intramolecular Hbond substituents is 1. The van der Waals surface area contributed by atoms with Crippen LogP contribution >= 0.6 is 11.6 Å². The van der Waals surface area contributed by atoms with Gasteiger partial charge in [-0.25, -0.2) is 0 Å². The Morgan fingerprint density at radius 3 is 2.42 bits per heavy atom. The fraction of sp³-hybridized carbons (Fsp3) is 0. The molecule has 0 aliphatic carbocycles. The van der Waals surface area contributed by atoms with Gasteiger partial charge < -0.3 is 15.3 Å². The number of hydrogen-bond donors (Lipinski definition) is 1. The predicted octanol–water partition coefficient (Wildman–Crippen LogP) is 2.61. The van der Waals surface area contributed by atoms with E-state index in [1.165, 1.54) is 36.4 Å². The molecule has 0 amide bonds. The first-order chi connectivity index (χ1) is 8.58. The minimum absolute atomic E-state index is 0. The number of hydrogen-bond acceptors (Lipinski definition) is 5. The van der Waals surface area contributed by atoms with Crippen LogP contribution in [0, 0.1) is 0 Å². The number of azo groups is 1. The standard InChI is InChI=1S/C12H9ClN2O3.Cu/c13-7-4-5-9(16)8(6-7)14-15-12-10(17)2-1-3-11(12)18;/h1-6,16-18H;/q;+2/p-2. The van der Waals surface area contributed by atoms with Crippen molar-refractivity contribution in [1.82, 2.24) is 0 Å². The van der Waals surface area contributed by atoms with Crippen LogP contribution in [0.15, 0.2) is 46.6 Å². The molecule has 7 heteroatoms. The summed E-state index contributed by atoms with van der Waals surface area (Å²) in [5.41, 5.74) is -0.206. The molecule has 0 saturated carbocycles. The second-order valence-electron chi connectivity index (χ2n) is 3.44. The van der Waals surface area contributed by atoms with Crippen molar-refractivity contribution >= 4 is 23.0 Å². The Kier molecular flexibility index (Phi) is 5.18. The van der Waals surface area contributed by atoms with E-state index >= 15 is 0 Å². The maximum Gasteiger partial charge on any atom is 2.00 e. The zero-order valence-corrected chi connectivity index (χ0v) is 11.0. The van der Waals surface area contributed by atoms with E-state index in [0.29, 0.717) is 5.02 Å². The van der Waals surface area contributed by atoms with Gasteiger partial charge in [0.15, 0.2) is 0 Å². The van der Waals surface area contributed by atoms with E-state index in [4.69, 9.17) is 11.6 Å². The summed E-state index contributed by atoms with van der Waals surface area (Å²) in [6, 6.07) is 7.96. The van der Waals surface area contributed by atoms with Crippen LogP contribution in [0.1, 0.15) is 0 Å². The number of halogens is 1. The van der Waals surface area contributed by atoms with Crippen molar-refractivity contribution in [2.75, 3.05) is 0 Å². The van der Waals surface area contributed by atoms with Crippen LogP contribution in [0.2, 0.25) is 5.02 Å². The van der Waals surface area contributed by atoms with Crippen LogP contribution in [-0.4, -0.2) is 5.11 Å². The van der Waals surface area contributed by atoms with Crippen LogP contribution in [0.5, 0.6) is 17.2 Å². The number of rotatable bonds is 2. The normalized spacial score (nSPS) is 10.4. The van der Waals surface area contributed by atoms with E-state index in [-0.39, 0.29) is 39.9 Å². The summed E-state index contributed by atoms with van der Waals surface area (Å²) in [5.74, 6) is -1.14. The van der Waals surface area contributed by atoms with Crippen molar-refractivity contribution in [2.24, 2.45) is 10.2 Å². The molecule has 2 aromatic carbocycles. The molecular formula is C12H7ClCuN2O3. The van der Waals surface area contributed by atoms with E-state index in [9.17, 15) is 15.3 Å². The monoisotopic (exact) mass is 325 g/mol. The van der Waals surface area contributed by atoms with Crippen LogP contribution in [0.25, 0.3) is 0 Å². The Morgan fingerprint density at radius 1 is 1.00 bits per heavy atom. The number of benzene rings is 2. The average Bonchev–Trinajstić information content (AvgIpc) is 2.33. The van der Waals surface area contributed by atoms with Crippen molar-refractivity contribution in [3.05, 3.63) is 41.4 Å². The molecule has 101 valence electrons. The molecule has 0 aromatic heterocycles. The number of nitrogens with zero attached hydrogens (tertiary/aromatic N) is 2. The molecule has 0 saturated heterocycles. The topological polar surface area (TPSA) is 91.1 Å². The van der Waals surface area contributed by atoms with E-state index in [1.807, 2.05) is 0 Å². The van der Waals surface area contributed by atoms with Gasteiger partial charge in [-0.3, -0.25) is 0 Å². The predicted molar refractivity (Wildman–Crippen MR) is 62.6 cm³/mol. The Hall–Kier alpha value is -1.75. The largest absolute Gasteiger partial charge is 2.00 e. The molecule has 2 aromatic rings. The SMILES string of the molecule is [Cu+2].[O-]c1ccc(Cl)cc1N=Nc1c([O-])cccc1O. The summed E-state index contributed by atoms with van der Waals surface area (Å²) >= 11 is 5.71. The van der Waals surface area contributed by atoms with Gasteiger partial charge in [-0.05, 0) is 18.2 Å². The third-order valence-electron chi connectivity index (χ3n) is 2.16. The molecule has 0 aliphatic rings. The Morgan fingerprint density at radius 2 is 1.74 bits per heavy atom. The molecule has 0 fully saturated rings. The van der Waals surface area contributed by atoms with E-state index < -0.39 is 5.75 Å². The van der Waals surface area contributed by atoms with Crippen molar-refractivity contribution < 1.29 is 32.4 Å². The van der Waals surface area contributed by atoms with Crippen LogP contribution < -0.4 is 10.2 Å². The van der Waals surface area contributed by atoms with Crippen LogP contribution in [-0.2, 0) is 17.1 Å². The maximum atomic E-state index is 11.4. The first-order valence-electron chi connectivity index (χ1n) is 4.95. The fourth-order valence-electron chi connectivity index (χ4n) is 1.28. The molecule has 5 nitrogen and oxygen atoms in total. The molecule has 0 aliphatic heterocycles. The van der Waals surface area contributed by atoms with Crippen molar-refractivity contribution in [3.63, 3.8) is 0 Å². The smallest absolute Gasteiger partial charge is 0.871 e. The zero-order chi connectivity index (χ0) is 13.1. The molecule has 1 N–H and O–H groups in total. The first kappa shape index (κ1) is 15.3. The number of phenols is 1. The van der Waals surface area contributed by atoms with Gasteiger partial charge in [-0.2, -0.15) is 5.11 Å². The second kappa shape index (κ2) is 6.43. The molecule has 1 radical (unpaired) electrons. The van der Waals surface area contributed by atoms with E-state index in [1.54, 1.807) is 0 Å². The molecule has 0 bridgehead atoms. The Bertz CT molecular complexity index is 600. The maximum absolute atomic E-state index is 11.4. The molecule has 19 heavy (non-hydrogen) atoms. The quantitative estimate of drug-likeness (QED) is 0.679. The first-order valence-corrected chi connectivity index (χ1v) is 5.33. The summed E-state index contributed by atoms with van der Waals surface area (Å²) in [7, 11) is 0. The minimum atomic E-state index is -0.478. The third-order valence-corrected chi connectivity index (χ3v) is 2.39. The molecular weight excluding hydrogens is 319 g/mol. The zero-order valence-electron chi connectivity index (χ0n) is 9.30. The minimum Gasteiger partial charge on any atom is -0.871 e.